The zero-order valence-corrected chi connectivity index (χ0v) is 17.0. The Bertz CT molecular complexity index is 1020. The van der Waals surface area contributed by atoms with Crippen molar-refractivity contribution < 1.29 is 17.9 Å². The lowest BCUT2D eigenvalue weighted by molar-refractivity contribution is 0.0685. The molecule has 0 unspecified atom stereocenters. The summed E-state index contributed by atoms with van der Waals surface area (Å²) in [5.41, 5.74) is 1.37. The molecule has 8 heteroatoms. The van der Waals surface area contributed by atoms with Gasteiger partial charge in [-0.15, -0.1) is 0 Å². The van der Waals surface area contributed by atoms with Gasteiger partial charge in [0.2, 0.25) is 0 Å². The molecule has 1 fully saturated rings. The number of benzene rings is 2. The Kier molecular flexibility index (Phi) is 5.07. The molecule has 28 heavy (non-hydrogen) atoms. The quantitative estimate of drug-likeness (QED) is 0.745. The number of hydrogen-bond acceptors (Lipinski definition) is 4. The number of amides is 2. The predicted molar refractivity (Wildman–Crippen MR) is 109 cm³/mol. The fourth-order valence-corrected chi connectivity index (χ4v) is 5.53. The minimum absolute atomic E-state index is 0.126. The van der Waals surface area contributed by atoms with Crippen molar-refractivity contribution >= 4 is 39.0 Å². The van der Waals surface area contributed by atoms with Gasteiger partial charge < -0.3 is 4.74 Å². The summed E-state index contributed by atoms with van der Waals surface area (Å²) in [7, 11) is -4.04. The van der Waals surface area contributed by atoms with Crippen molar-refractivity contribution in [1.82, 2.24) is 0 Å². The molecule has 2 aliphatic heterocycles. The molecule has 6 nitrogen and oxygen atoms in total. The fourth-order valence-electron chi connectivity index (χ4n) is 3.71. The largest absolute Gasteiger partial charge is 0.381 e. The molecule has 0 aromatic heterocycles. The van der Waals surface area contributed by atoms with Crippen molar-refractivity contribution in [3.63, 3.8) is 0 Å². The van der Waals surface area contributed by atoms with E-state index >= 15 is 0 Å². The van der Waals surface area contributed by atoms with Crippen molar-refractivity contribution in [2.45, 2.75) is 24.7 Å². The second-order valence-electron chi connectivity index (χ2n) is 7.12. The van der Waals surface area contributed by atoms with Gasteiger partial charge in [-0.25, -0.2) is 13.2 Å². The molecule has 2 heterocycles. The number of carbonyl (C=O) groups is 1. The Labute approximate surface area is 169 Å². The zero-order valence-electron chi connectivity index (χ0n) is 15.5. The molecule has 0 aliphatic carbocycles. The second kappa shape index (κ2) is 7.39. The number of fused-ring (bicyclic) bond motifs is 1. The number of sulfonamides is 1. The van der Waals surface area contributed by atoms with Crippen LogP contribution in [0.15, 0.2) is 47.4 Å². The summed E-state index contributed by atoms with van der Waals surface area (Å²) >= 11 is 6.11. The number of aryl methyl sites for hydroxylation is 1. The number of halogens is 1. The van der Waals surface area contributed by atoms with E-state index in [1.165, 1.54) is 6.07 Å². The van der Waals surface area contributed by atoms with Gasteiger partial charge in [0.25, 0.3) is 10.0 Å². The van der Waals surface area contributed by atoms with Crippen molar-refractivity contribution in [2.75, 3.05) is 29.0 Å². The van der Waals surface area contributed by atoms with E-state index in [4.69, 9.17) is 16.3 Å². The summed E-state index contributed by atoms with van der Waals surface area (Å²) in [5, 5.41) is 0.374. The molecule has 148 valence electrons. The number of ether oxygens (including phenoxy) is 1. The number of hydrogen-bond donors (Lipinski definition) is 0. The van der Waals surface area contributed by atoms with Crippen molar-refractivity contribution in [3.05, 3.63) is 53.1 Å². The van der Waals surface area contributed by atoms with Crippen LogP contribution >= 0.6 is 11.6 Å². The maximum Gasteiger partial charge on any atom is 0.343 e. The molecule has 0 saturated carbocycles. The van der Waals surface area contributed by atoms with Gasteiger partial charge in [0.1, 0.15) is 4.90 Å². The van der Waals surface area contributed by atoms with Gasteiger partial charge in [0, 0.05) is 24.8 Å². The monoisotopic (exact) mass is 420 g/mol. The highest BCUT2D eigenvalue weighted by molar-refractivity contribution is 7.94. The highest BCUT2D eigenvalue weighted by Crippen LogP contribution is 2.39. The minimum atomic E-state index is -4.04. The number of rotatable bonds is 3. The standard InChI is InChI=1S/C20H21ClN2O4S/c1-14-6-7-16(21)12-18(14)23-20(24)22(13-15-8-10-27-11-9-15)17-4-2-3-5-19(17)28(23,25)26/h2-7,12,15H,8-11,13H2,1H3. The van der Waals surface area contributed by atoms with Crippen LogP contribution in [0.25, 0.3) is 0 Å². The Morgan fingerprint density at radius 1 is 1.11 bits per heavy atom. The molecule has 0 spiro atoms. The molecule has 2 aromatic carbocycles. The van der Waals surface area contributed by atoms with E-state index in [1.54, 1.807) is 48.2 Å². The maximum absolute atomic E-state index is 13.4. The smallest absolute Gasteiger partial charge is 0.343 e. The summed E-state index contributed by atoms with van der Waals surface area (Å²) in [6, 6.07) is 11.0. The minimum Gasteiger partial charge on any atom is -0.381 e. The van der Waals surface area contributed by atoms with Gasteiger partial charge in [-0.1, -0.05) is 29.8 Å². The van der Waals surface area contributed by atoms with E-state index in [0.29, 0.717) is 36.0 Å². The molecule has 2 aliphatic rings. The lowest BCUT2D eigenvalue weighted by Gasteiger charge is -2.38. The first-order chi connectivity index (χ1) is 13.4. The van der Waals surface area contributed by atoms with Crippen LogP contribution in [0.3, 0.4) is 0 Å². The van der Waals surface area contributed by atoms with E-state index in [1.807, 2.05) is 0 Å². The number of para-hydroxylation sites is 1. The molecular weight excluding hydrogens is 400 g/mol. The van der Waals surface area contributed by atoms with Crippen molar-refractivity contribution in [3.8, 4) is 0 Å². The Hall–Kier alpha value is -2.09. The van der Waals surface area contributed by atoms with E-state index in [2.05, 4.69) is 0 Å². The Balaban J connectivity index is 1.84. The highest BCUT2D eigenvalue weighted by Gasteiger charge is 2.43. The van der Waals surface area contributed by atoms with Gasteiger partial charge in [0.05, 0.1) is 11.4 Å². The first-order valence-electron chi connectivity index (χ1n) is 9.19. The van der Waals surface area contributed by atoms with Crippen LogP contribution in [-0.4, -0.2) is 34.2 Å². The summed E-state index contributed by atoms with van der Waals surface area (Å²) in [6.07, 6.45) is 1.68. The van der Waals surface area contributed by atoms with Gasteiger partial charge in [0.15, 0.2) is 0 Å². The van der Waals surface area contributed by atoms with Crippen molar-refractivity contribution in [2.24, 2.45) is 5.92 Å². The number of nitrogens with zero attached hydrogens (tertiary/aromatic N) is 2. The summed E-state index contributed by atoms with van der Waals surface area (Å²) < 4.78 is 33.0. The van der Waals surface area contributed by atoms with E-state index < -0.39 is 16.1 Å². The Morgan fingerprint density at radius 3 is 2.57 bits per heavy atom. The number of carbonyl (C=O) groups excluding carboxylic acids is 1. The third-order valence-corrected chi connectivity index (χ3v) is 7.22. The molecule has 4 rings (SSSR count). The van der Waals surface area contributed by atoms with Crippen LogP contribution in [0.2, 0.25) is 5.02 Å². The van der Waals surface area contributed by atoms with Crippen LogP contribution in [-0.2, 0) is 14.8 Å². The SMILES string of the molecule is Cc1ccc(Cl)cc1N1C(=O)N(CC2CCOCC2)c2ccccc2S1(=O)=O. The van der Waals surface area contributed by atoms with Gasteiger partial charge in [-0.3, -0.25) is 4.90 Å². The second-order valence-corrected chi connectivity index (χ2v) is 9.31. The first-order valence-corrected chi connectivity index (χ1v) is 11.0. The molecule has 0 N–H and O–H groups in total. The normalized spacial score (nSPS) is 19.6. The lowest BCUT2D eigenvalue weighted by Crippen LogP contribution is -2.52. The number of urea groups is 1. The number of anilines is 2. The van der Waals surface area contributed by atoms with Crippen molar-refractivity contribution in [1.29, 1.82) is 0 Å². The van der Waals surface area contributed by atoms with Gasteiger partial charge in [-0.05, 0) is 55.5 Å². The third kappa shape index (κ3) is 3.27. The van der Waals surface area contributed by atoms with Crippen LogP contribution in [0.5, 0.6) is 0 Å². The molecular formula is C20H21ClN2O4S. The molecule has 0 bridgehead atoms. The average Bonchev–Trinajstić information content (AvgIpc) is 2.69. The van der Waals surface area contributed by atoms with Crippen LogP contribution in [0.1, 0.15) is 18.4 Å². The molecule has 0 radical (unpaired) electrons. The van der Waals surface area contributed by atoms with E-state index in [9.17, 15) is 13.2 Å². The summed E-state index contributed by atoms with van der Waals surface area (Å²) in [4.78, 5) is 15.1. The maximum atomic E-state index is 13.4. The molecule has 1 saturated heterocycles. The molecule has 2 amide bonds. The van der Waals surface area contributed by atoms with Crippen LogP contribution in [0.4, 0.5) is 16.2 Å². The Morgan fingerprint density at radius 2 is 1.82 bits per heavy atom. The molecule has 0 atom stereocenters. The van der Waals surface area contributed by atoms with Gasteiger partial charge >= 0.3 is 6.03 Å². The summed E-state index contributed by atoms with van der Waals surface area (Å²) in [6.45, 7) is 3.52. The summed E-state index contributed by atoms with van der Waals surface area (Å²) in [5.74, 6) is 0.258. The topological polar surface area (TPSA) is 66.9 Å². The third-order valence-electron chi connectivity index (χ3n) is 5.25. The highest BCUT2D eigenvalue weighted by atomic mass is 35.5. The molecule has 2 aromatic rings. The lowest BCUT2D eigenvalue weighted by atomic mass is 9.99. The zero-order chi connectivity index (χ0) is 19.9. The van der Waals surface area contributed by atoms with E-state index in [0.717, 1.165) is 17.1 Å². The predicted octanol–water partition coefficient (Wildman–Crippen LogP) is 4.21. The van der Waals surface area contributed by atoms with Crippen LogP contribution in [0, 0.1) is 12.8 Å². The van der Waals surface area contributed by atoms with Gasteiger partial charge in [-0.2, -0.15) is 4.31 Å². The fraction of sp³-hybridized carbons (Fsp3) is 0.350. The van der Waals surface area contributed by atoms with E-state index in [-0.39, 0.29) is 16.5 Å². The average molecular weight is 421 g/mol. The van der Waals surface area contributed by atoms with Crippen LogP contribution < -0.4 is 9.21 Å². The first kappa shape index (κ1) is 19.2.